The fraction of sp³-hybridized carbons (Fsp3) is 0.375. The van der Waals surface area contributed by atoms with Crippen LogP contribution in [0.1, 0.15) is 30.9 Å². The van der Waals surface area contributed by atoms with E-state index in [0.29, 0.717) is 19.0 Å². The number of methoxy groups -OCH3 is 1. The van der Waals surface area contributed by atoms with Gasteiger partial charge in [-0.15, -0.1) is 5.10 Å². The van der Waals surface area contributed by atoms with Gasteiger partial charge < -0.3 is 14.6 Å². The summed E-state index contributed by atoms with van der Waals surface area (Å²) >= 11 is 0. The second-order valence-electron chi connectivity index (χ2n) is 8.60. The van der Waals surface area contributed by atoms with Crippen LogP contribution in [0.4, 0.5) is 0 Å². The number of aromatic amines is 1. The largest absolute Gasteiger partial charge is 0.480 e. The van der Waals surface area contributed by atoms with Crippen LogP contribution >= 0.6 is 0 Å². The van der Waals surface area contributed by atoms with Gasteiger partial charge >= 0.3 is 0 Å². The number of aromatic nitrogens is 6. The summed E-state index contributed by atoms with van der Waals surface area (Å²) < 4.78 is 7.28. The third kappa shape index (κ3) is 4.36. The third-order valence-corrected chi connectivity index (χ3v) is 6.28. The molecule has 1 aromatic carbocycles. The van der Waals surface area contributed by atoms with Crippen LogP contribution in [0.25, 0.3) is 22.2 Å². The fourth-order valence-electron chi connectivity index (χ4n) is 4.58. The molecule has 1 aliphatic heterocycles. The minimum Gasteiger partial charge on any atom is -0.480 e. The number of aryl methyl sites for hydroxylation is 1. The Morgan fingerprint density at radius 1 is 1.24 bits per heavy atom. The predicted molar refractivity (Wildman–Crippen MR) is 127 cm³/mol. The van der Waals surface area contributed by atoms with Gasteiger partial charge in [0.1, 0.15) is 5.82 Å². The molecule has 0 saturated carbocycles. The van der Waals surface area contributed by atoms with Crippen LogP contribution in [0, 0.1) is 0 Å². The van der Waals surface area contributed by atoms with E-state index in [2.05, 4.69) is 36.2 Å². The Morgan fingerprint density at radius 3 is 2.85 bits per heavy atom. The summed E-state index contributed by atoms with van der Waals surface area (Å²) in [5.74, 6) is 1.34. The van der Waals surface area contributed by atoms with Gasteiger partial charge in [-0.05, 0) is 18.6 Å². The summed E-state index contributed by atoms with van der Waals surface area (Å²) in [6, 6.07) is 9.84. The molecule has 4 aromatic rings. The molecule has 1 fully saturated rings. The van der Waals surface area contributed by atoms with Gasteiger partial charge in [0.25, 0.3) is 0 Å². The molecular weight excluding hydrogens is 432 g/mol. The van der Waals surface area contributed by atoms with Crippen molar-refractivity contribution in [2.75, 3.05) is 26.7 Å². The average molecular weight is 461 g/mol. The number of amides is 1. The molecule has 1 atom stereocenters. The Bertz CT molecular complexity index is 1310. The third-order valence-electron chi connectivity index (χ3n) is 6.28. The lowest BCUT2D eigenvalue weighted by Gasteiger charge is -2.27. The summed E-state index contributed by atoms with van der Waals surface area (Å²) in [6.45, 7) is 4.53. The molecule has 34 heavy (non-hydrogen) atoms. The highest BCUT2D eigenvalue weighted by atomic mass is 16.5. The lowest BCUT2D eigenvalue weighted by Crippen LogP contribution is -2.35. The van der Waals surface area contributed by atoms with Crippen molar-refractivity contribution >= 4 is 16.8 Å². The quantitative estimate of drug-likeness (QED) is 0.488. The van der Waals surface area contributed by atoms with Crippen molar-refractivity contribution in [3.63, 3.8) is 0 Å². The van der Waals surface area contributed by atoms with Crippen molar-refractivity contribution in [2.45, 2.75) is 25.9 Å². The summed E-state index contributed by atoms with van der Waals surface area (Å²) in [5.41, 5.74) is 3.45. The molecule has 1 unspecified atom stereocenters. The van der Waals surface area contributed by atoms with Crippen molar-refractivity contribution in [3.8, 4) is 17.1 Å². The van der Waals surface area contributed by atoms with E-state index in [9.17, 15) is 4.79 Å². The Labute approximate surface area is 197 Å². The number of nitrogens with zero attached hydrogens (tertiary/aromatic N) is 7. The van der Waals surface area contributed by atoms with Crippen LogP contribution < -0.4 is 4.74 Å². The number of ether oxygens (including phenoxy) is 1. The van der Waals surface area contributed by atoms with Gasteiger partial charge in [-0.25, -0.2) is 9.97 Å². The number of fused-ring (bicyclic) bond motifs is 1. The highest BCUT2D eigenvalue weighted by Gasteiger charge is 2.30. The van der Waals surface area contributed by atoms with Crippen molar-refractivity contribution in [3.05, 3.63) is 54.2 Å². The van der Waals surface area contributed by atoms with Gasteiger partial charge in [0.2, 0.25) is 11.8 Å². The maximum Gasteiger partial charge on any atom is 0.223 e. The number of carbonyl (C=O) groups is 1. The normalized spacial score (nSPS) is 17.1. The molecule has 5 rings (SSSR count). The van der Waals surface area contributed by atoms with Gasteiger partial charge in [-0.2, -0.15) is 0 Å². The first-order valence-corrected chi connectivity index (χ1v) is 11.4. The zero-order valence-electron chi connectivity index (χ0n) is 19.6. The number of imidazole rings is 1. The van der Waals surface area contributed by atoms with E-state index in [1.807, 2.05) is 42.4 Å². The summed E-state index contributed by atoms with van der Waals surface area (Å²) in [6.07, 6.45) is 4.49. The standard InChI is InChI=1S/C24H28N8O2/c1-16(33)32-11-10-31(15-18-14-30(2)29-28-18)9-8-22(32)23-25-13-21(26-23)19-12-17-6-4-5-7-20(17)27-24(19)34-3/h4-7,12-14,22H,8-11,15H2,1-3H3,(H,25,26). The highest BCUT2D eigenvalue weighted by Crippen LogP contribution is 2.33. The smallest absolute Gasteiger partial charge is 0.223 e. The Hall–Kier alpha value is -3.79. The van der Waals surface area contributed by atoms with Gasteiger partial charge in [0.15, 0.2) is 0 Å². The zero-order valence-corrected chi connectivity index (χ0v) is 19.6. The molecule has 0 aliphatic carbocycles. The lowest BCUT2D eigenvalue weighted by atomic mass is 10.1. The van der Waals surface area contributed by atoms with Crippen molar-refractivity contribution in [1.82, 2.24) is 39.7 Å². The second-order valence-corrected chi connectivity index (χ2v) is 8.60. The first-order chi connectivity index (χ1) is 16.5. The van der Waals surface area contributed by atoms with Crippen molar-refractivity contribution in [1.29, 1.82) is 0 Å². The SMILES string of the molecule is COc1nc2ccccc2cc1-c1cnc(C2CCN(Cc3cn(C)nn3)CCN2C(C)=O)[nH]1. The van der Waals surface area contributed by atoms with Crippen molar-refractivity contribution < 1.29 is 9.53 Å². The van der Waals surface area contributed by atoms with Crippen LogP contribution in [-0.2, 0) is 18.4 Å². The van der Waals surface area contributed by atoms with Gasteiger partial charge in [0.05, 0.1) is 41.8 Å². The van der Waals surface area contributed by atoms with Gasteiger partial charge in [0, 0.05) is 51.7 Å². The maximum absolute atomic E-state index is 12.5. The monoisotopic (exact) mass is 460 g/mol. The number of para-hydroxylation sites is 1. The van der Waals surface area contributed by atoms with Crippen LogP contribution in [0.3, 0.4) is 0 Å². The van der Waals surface area contributed by atoms with Crippen LogP contribution in [0.15, 0.2) is 42.7 Å². The number of H-pyrrole nitrogens is 1. The Balaban J connectivity index is 1.41. The van der Waals surface area contributed by atoms with E-state index < -0.39 is 0 Å². The topological polar surface area (TPSA) is 105 Å². The first-order valence-electron chi connectivity index (χ1n) is 11.4. The average Bonchev–Trinajstić information content (AvgIpc) is 3.43. The molecule has 0 spiro atoms. The number of hydrogen-bond acceptors (Lipinski definition) is 7. The number of pyridine rings is 1. The number of benzene rings is 1. The zero-order chi connectivity index (χ0) is 23.7. The number of hydrogen-bond donors (Lipinski definition) is 1. The van der Waals surface area contributed by atoms with Crippen LogP contribution in [0.2, 0.25) is 0 Å². The molecule has 10 heteroatoms. The van der Waals surface area contributed by atoms with E-state index in [-0.39, 0.29) is 11.9 Å². The van der Waals surface area contributed by atoms with E-state index in [1.165, 1.54) is 0 Å². The van der Waals surface area contributed by atoms with E-state index >= 15 is 0 Å². The maximum atomic E-state index is 12.5. The summed E-state index contributed by atoms with van der Waals surface area (Å²) in [4.78, 5) is 29.5. The summed E-state index contributed by atoms with van der Waals surface area (Å²) in [7, 11) is 3.48. The van der Waals surface area contributed by atoms with E-state index in [1.54, 1.807) is 24.9 Å². The minimum absolute atomic E-state index is 0.0363. The number of nitrogens with one attached hydrogen (secondary N) is 1. The van der Waals surface area contributed by atoms with Crippen LogP contribution in [-0.4, -0.2) is 72.4 Å². The highest BCUT2D eigenvalue weighted by molar-refractivity contribution is 5.85. The lowest BCUT2D eigenvalue weighted by molar-refractivity contribution is -0.131. The first kappa shape index (κ1) is 22.0. The minimum atomic E-state index is -0.141. The van der Waals surface area contributed by atoms with Gasteiger partial charge in [-0.3, -0.25) is 14.4 Å². The molecule has 1 aliphatic rings. The van der Waals surface area contributed by atoms with E-state index in [0.717, 1.165) is 53.2 Å². The molecule has 1 N–H and O–H groups in total. The molecule has 10 nitrogen and oxygen atoms in total. The Kier molecular flexibility index (Phi) is 5.97. The molecular formula is C24H28N8O2. The molecule has 3 aromatic heterocycles. The number of rotatable bonds is 5. The predicted octanol–water partition coefficient (Wildman–Crippen LogP) is 2.56. The van der Waals surface area contributed by atoms with Crippen LogP contribution in [0.5, 0.6) is 5.88 Å². The molecule has 0 radical (unpaired) electrons. The molecule has 176 valence electrons. The van der Waals surface area contributed by atoms with Gasteiger partial charge in [-0.1, -0.05) is 23.4 Å². The van der Waals surface area contributed by atoms with Crippen molar-refractivity contribution in [2.24, 2.45) is 7.05 Å². The van der Waals surface area contributed by atoms with E-state index in [4.69, 9.17) is 4.74 Å². The molecule has 4 heterocycles. The summed E-state index contributed by atoms with van der Waals surface area (Å²) in [5, 5.41) is 9.24. The molecule has 1 saturated heterocycles. The second kappa shape index (κ2) is 9.22. The molecule has 1 amide bonds. The number of carbonyl (C=O) groups excluding carboxylic acids is 1. The fourth-order valence-corrected chi connectivity index (χ4v) is 4.58. The Morgan fingerprint density at radius 2 is 2.09 bits per heavy atom. The molecule has 0 bridgehead atoms.